The van der Waals surface area contributed by atoms with Crippen LogP contribution < -0.4 is 0 Å². The minimum absolute atomic E-state index is 0. The van der Waals surface area contributed by atoms with Gasteiger partial charge in [-0.1, -0.05) is 6.08 Å². The van der Waals surface area contributed by atoms with Crippen molar-refractivity contribution in [1.29, 1.82) is 0 Å². The molecule has 11 heavy (non-hydrogen) atoms. The minimum Gasteiger partial charge on any atom is -0.484 e. The second kappa shape index (κ2) is 4.82. The first-order valence-corrected chi connectivity index (χ1v) is 2.70. The Kier molecular flexibility index (Phi) is 4.41. The molecule has 0 aromatic heterocycles. The average molecular weight is 194 g/mol. The number of amides is 1. The number of nitrogens with zero attached hydrogens (tertiary/aromatic N) is 1. The van der Waals surface area contributed by atoms with E-state index in [1.807, 2.05) is 0 Å². The second-order valence-corrected chi connectivity index (χ2v) is 1.70. The molecule has 1 aliphatic rings. The molecule has 1 atom stereocenters. The van der Waals surface area contributed by atoms with E-state index in [0.717, 1.165) is 0 Å². The van der Waals surface area contributed by atoms with Gasteiger partial charge >= 0.3 is 5.91 Å². The fourth-order valence-electron chi connectivity index (χ4n) is 0.578. The summed E-state index contributed by atoms with van der Waals surface area (Å²) < 4.78 is 4.72. The molecule has 0 spiro atoms. The molecule has 59 valence electrons. The van der Waals surface area contributed by atoms with Crippen molar-refractivity contribution < 1.29 is 26.6 Å². The van der Waals surface area contributed by atoms with Gasteiger partial charge in [0.2, 0.25) is 0 Å². The average Bonchev–Trinajstić information content (AvgIpc) is 2.05. The zero-order chi connectivity index (χ0) is 7.40. The van der Waals surface area contributed by atoms with Gasteiger partial charge in [0, 0.05) is 22.2 Å². The number of hydrogen-bond acceptors (Lipinski definition) is 3. The van der Waals surface area contributed by atoms with Crippen LogP contribution in [0.5, 0.6) is 0 Å². The van der Waals surface area contributed by atoms with Crippen molar-refractivity contribution in [2.24, 2.45) is 5.18 Å². The summed E-state index contributed by atoms with van der Waals surface area (Å²) in [5, 5.41) is 2.21. The van der Waals surface area contributed by atoms with E-state index in [1.165, 1.54) is 12.3 Å². The standard InChI is InChI=1S/C6H5NO3.Mn/c8-6(7-9)5-3-1-2-4-10-5;/h1-5H;. The van der Waals surface area contributed by atoms with Crippen LogP contribution in [0.1, 0.15) is 0 Å². The summed E-state index contributed by atoms with van der Waals surface area (Å²) in [4.78, 5) is 20.1. The van der Waals surface area contributed by atoms with E-state index in [9.17, 15) is 9.70 Å². The maximum absolute atomic E-state index is 10.5. The van der Waals surface area contributed by atoms with Crippen LogP contribution in [-0.4, -0.2) is 12.0 Å². The molecule has 1 rings (SSSR count). The van der Waals surface area contributed by atoms with Crippen LogP contribution in [-0.2, 0) is 26.6 Å². The summed E-state index contributed by atoms with van der Waals surface area (Å²) in [6.45, 7) is 0. The second-order valence-electron chi connectivity index (χ2n) is 1.70. The Hall–Kier alpha value is -0.931. The van der Waals surface area contributed by atoms with Gasteiger partial charge in [0.05, 0.1) is 6.26 Å². The van der Waals surface area contributed by atoms with Crippen molar-refractivity contribution in [3.8, 4) is 0 Å². The first-order valence-electron chi connectivity index (χ1n) is 2.70. The van der Waals surface area contributed by atoms with Crippen molar-refractivity contribution in [3.05, 3.63) is 29.4 Å². The minimum atomic E-state index is -0.817. The first kappa shape index (κ1) is 10.1. The fourth-order valence-corrected chi connectivity index (χ4v) is 0.578. The van der Waals surface area contributed by atoms with E-state index in [-0.39, 0.29) is 17.1 Å². The molecule has 1 heterocycles. The maximum atomic E-state index is 10.5. The maximum Gasteiger partial charge on any atom is 0.330 e. The molecule has 0 fully saturated rings. The molecule has 1 amide bonds. The van der Waals surface area contributed by atoms with Crippen molar-refractivity contribution in [3.63, 3.8) is 0 Å². The fraction of sp³-hybridized carbons (Fsp3) is 0.167. The molecule has 5 heteroatoms. The molecule has 1 aliphatic heterocycles. The molecule has 0 aliphatic carbocycles. The summed E-state index contributed by atoms with van der Waals surface area (Å²) in [7, 11) is 0. The molecule has 4 nitrogen and oxygen atoms in total. The SMILES string of the molecule is O=NC(=O)C1C=CC=CO1.[Mn]. The van der Waals surface area contributed by atoms with Gasteiger partial charge in [-0.15, -0.1) is 4.91 Å². The summed E-state index contributed by atoms with van der Waals surface area (Å²) in [6.07, 6.45) is 5.23. The van der Waals surface area contributed by atoms with E-state index >= 15 is 0 Å². The van der Waals surface area contributed by atoms with Gasteiger partial charge in [0.1, 0.15) is 0 Å². The number of ether oxygens (including phenoxy) is 1. The van der Waals surface area contributed by atoms with Gasteiger partial charge in [0.15, 0.2) is 6.10 Å². The van der Waals surface area contributed by atoms with Crippen molar-refractivity contribution in [1.82, 2.24) is 0 Å². The van der Waals surface area contributed by atoms with Crippen molar-refractivity contribution in [2.75, 3.05) is 0 Å². The third kappa shape index (κ3) is 2.65. The summed E-state index contributed by atoms with van der Waals surface area (Å²) in [5.74, 6) is -0.805. The van der Waals surface area contributed by atoms with E-state index in [2.05, 4.69) is 5.18 Å². The number of hydrogen-bond donors (Lipinski definition) is 0. The van der Waals surface area contributed by atoms with Gasteiger partial charge in [0.25, 0.3) is 0 Å². The van der Waals surface area contributed by atoms with E-state index in [0.29, 0.717) is 0 Å². The molecule has 0 aromatic carbocycles. The zero-order valence-corrected chi connectivity index (χ0v) is 6.62. The summed E-state index contributed by atoms with van der Waals surface area (Å²) in [5.41, 5.74) is 0. The van der Waals surface area contributed by atoms with Gasteiger partial charge < -0.3 is 4.74 Å². The predicted molar refractivity (Wildman–Crippen MR) is 34.0 cm³/mol. The van der Waals surface area contributed by atoms with Gasteiger partial charge in [-0.2, -0.15) is 0 Å². The Morgan fingerprint density at radius 3 is 2.64 bits per heavy atom. The third-order valence-corrected chi connectivity index (χ3v) is 1.03. The molecular formula is C6H5MnNO3. The van der Waals surface area contributed by atoms with Crippen LogP contribution in [0, 0.1) is 4.91 Å². The van der Waals surface area contributed by atoms with Crippen LogP contribution in [0.25, 0.3) is 0 Å². The van der Waals surface area contributed by atoms with Gasteiger partial charge in [-0.3, -0.25) is 4.79 Å². The van der Waals surface area contributed by atoms with Crippen molar-refractivity contribution in [2.45, 2.75) is 6.10 Å². The number of carbonyl (C=O) groups excluding carboxylic acids is 1. The predicted octanol–water partition coefficient (Wildman–Crippen LogP) is 0.746. The Morgan fingerprint density at radius 2 is 2.18 bits per heavy atom. The summed E-state index contributed by atoms with van der Waals surface area (Å²) >= 11 is 0. The number of carbonyl (C=O) groups is 1. The van der Waals surface area contributed by atoms with Crippen LogP contribution in [0.3, 0.4) is 0 Å². The van der Waals surface area contributed by atoms with Gasteiger partial charge in [-0.25, -0.2) is 0 Å². The van der Waals surface area contributed by atoms with Crippen LogP contribution in [0.2, 0.25) is 0 Å². The molecule has 0 N–H and O–H groups in total. The monoisotopic (exact) mass is 194 g/mol. The Bertz CT molecular complexity index is 212. The quantitative estimate of drug-likeness (QED) is 0.457. The van der Waals surface area contributed by atoms with Gasteiger partial charge in [-0.05, 0) is 12.2 Å². The smallest absolute Gasteiger partial charge is 0.330 e. The van der Waals surface area contributed by atoms with Crippen LogP contribution in [0.15, 0.2) is 29.7 Å². The number of allylic oxidation sites excluding steroid dienone is 2. The molecule has 0 aromatic rings. The van der Waals surface area contributed by atoms with E-state index in [4.69, 9.17) is 4.74 Å². The topological polar surface area (TPSA) is 55.7 Å². The largest absolute Gasteiger partial charge is 0.484 e. The molecule has 1 unspecified atom stereocenters. The zero-order valence-electron chi connectivity index (χ0n) is 5.44. The molecule has 0 saturated heterocycles. The van der Waals surface area contributed by atoms with Crippen LogP contribution in [0.4, 0.5) is 0 Å². The molecular weight excluding hydrogens is 189 g/mol. The van der Waals surface area contributed by atoms with Crippen LogP contribution >= 0.6 is 0 Å². The molecule has 0 saturated carbocycles. The third-order valence-electron chi connectivity index (χ3n) is 1.03. The Labute approximate surface area is 73.7 Å². The Morgan fingerprint density at radius 1 is 1.45 bits per heavy atom. The normalized spacial score (nSPS) is 19.8. The number of nitroso groups, excluding NO2 is 1. The molecule has 1 radical (unpaired) electrons. The van der Waals surface area contributed by atoms with E-state index in [1.54, 1.807) is 12.2 Å². The molecule has 0 bridgehead atoms. The van der Waals surface area contributed by atoms with Crippen molar-refractivity contribution >= 4 is 5.91 Å². The number of rotatable bonds is 1. The van der Waals surface area contributed by atoms with E-state index < -0.39 is 12.0 Å². The Balaban J connectivity index is 0.000001000. The summed E-state index contributed by atoms with van der Waals surface area (Å²) in [6, 6.07) is 0. The first-order chi connectivity index (χ1) is 4.84.